The zero-order chi connectivity index (χ0) is 16.8. The Balaban J connectivity index is 2.30. The molecule has 0 aliphatic rings. The van der Waals surface area contributed by atoms with E-state index in [-0.39, 0.29) is 16.0 Å². The zero-order valence-electron chi connectivity index (χ0n) is 13.1. The summed E-state index contributed by atoms with van der Waals surface area (Å²) < 4.78 is 27.3. The third-order valence-corrected chi connectivity index (χ3v) is 5.75. The molecule has 0 saturated heterocycles. The van der Waals surface area contributed by atoms with E-state index in [1.54, 1.807) is 42.7 Å². The molecule has 0 saturated carbocycles. The largest absolute Gasteiger partial charge is 0.268 e. The molecule has 4 nitrogen and oxygen atoms in total. The molecule has 2 aromatic heterocycles. The van der Waals surface area contributed by atoms with Crippen molar-refractivity contribution in [3.05, 3.63) is 59.0 Å². The van der Waals surface area contributed by atoms with Gasteiger partial charge in [-0.3, -0.25) is 0 Å². The minimum Gasteiger partial charge on any atom is -0.244 e. The van der Waals surface area contributed by atoms with E-state index in [9.17, 15) is 8.42 Å². The first-order valence-electron chi connectivity index (χ1n) is 7.29. The summed E-state index contributed by atoms with van der Waals surface area (Å²) in [5.41, 5.74) is 2.49. The Morgan fingerprint density at radius 3 is 2.43 bits per heavy atom. The van der Waals surface area contributed by atoms with Crippen LogP contribution in [-0.4, -0.2) is 17.4 Å². The molecule has 23 heavy (non-hydrogen) atoms. The Bertz CT molecular complexity index is 974. The maximum absolute atomic E-state index is 13.0. The Hall–Kier alpha value is -1.85. The molecule has 0 aliphatic heterocycles. The second-order valence-corrected chi connectivity index (χ2v) is 8.08. The van der Waals surface area contributed by atoms with E-state index in [1.165, 1.54) is 3.97 Å². The highest BCUT2D eigenvalue weighted by Gasteiger charge is 2.22. The summed E-state index contributed by atoms with van der Waals surface area (Å²) in [4.78, 5) is 4.34. The SMILES string of the molecule is Cc1ccc(S(=O)(=O)n2cc(C(C)C)c3cnc(Cl)cc32)cc1. The molecule has 0 unspecified atom stereocenters. The number of hydrogen-bond donors (Lipinski definition) is 0. The van der Waals surface area contributed by atoms with Crippen LogP contribution in [0.1, 0.15) is 30.9 Å². The molecule has 0 atom stereocenters. The summed E-state index contributed by atoms with van der Waals surface area (Å²) in [6, 6.07) is 8.41. The maximum Gasteiger partial charge on any atom is 0.268 e. The van der Waals surface area contributed by atoms with Gasteiger partial charge in [0.15, 0.2) is 0 Å². The molecule has 120 valence electrons. The van der Waals surface area contributed by atoms with E-state index in [1.807, 2.05) is 20.8 Å². The quantitative estimate of drug-likeness (QED) is 0.661. The highest BCUT2D eigenvalue weighted by atomic mass is 35.5. The predicted molar refractivity (Wildman–Crippen MR) is 92.6 cm³/mol. The van der Waals surface area contributed by atoms with Gasteiger partial charge in [0.05, 0.1) is 10.4 Å². The Kier molecular flexibility index (Phi) is 3.94. The van der Waals surface area contributed by atoms with Gasteiger partial charge in [0.1, 0.15) is 5.15 Å². The van der Waals surface area contributed by atoms with Crippen LogP contribution in [0.3, 0.4) is 0 Å². The molecular weight excluding hydrogens is 332 g/mol. The summed E-state index contributed by atoms with van der Waals surface area (Å²) in [6.45, 7) is 5.96. The lowest BCUT2D eigenvalue weighted by atomic mass is 10.0. The molecule has 3 aromatic rings. The molecule has 0 fully saturated rings. The molecule has 1 aromatic carbocycles. The van der Waals surface area contributed by atoms with Crippen molar-refractivity contribution >= 4 is 32.5 Å². The first-order chi connectivity index (χ1) is 10.8. The normalized spacial score (nSPS) is 12.2. The number of benzene rings is 1. The van der Waals surface area contributed by atoms with Crippen LogP contribution in [0.15, 0.2) is 47.6 Å². The average molecular weight is 349 g/mol. The lowest BCUT2D eigenvalue weighted by Gasteiger charge is -2.08. The number of halogens is 1. The van der Waals surface area contributed by atoms with Crippen LogP contribution < -0.4 is 0 Å². The maximum atomic E-state index is 13.0. The summed E-state index contributed by atoms with van der Waals surface area (Å²) in [7, 11) is -3.68. The van der Waals surface area contributed by atoms with Crippen LogP contribution in [0.5, 0.6) is 0 Å². The minimum atomic E-state index is -3.68. The van der Waals surface area contributed by atoms with Crippen molar-refractivity contribution in [1.82, 2.24) is 8.96 Å². The molecule has 0 spiro atoms. The van der Waals surface area contributed by atoms with Crippen molar-refractivity contribution in [3.63, 3.8) is 0 Å². The van der Waals surface area contributed by atoms with Gasteiger partial charge in [0.25, 0.3) is 10.0 Å². The van der Waals surface area contributed by atoms with Crippen molar-refractivity contribution in [2.24, 2.45) is 0 Å². The molecule has 2 heterocycles. The van der Waals surface area contributed by atoms with Gasteiger partial charge in [-0.1, -0.05) is 43.1 Å². The number of pyridine rings is 1. The molecule has 0 radical (unpaired) electrons. The number of aryl methyl sites for hydroxylation is 1. The fourth-order valence-corrected chi connectivity index (χ4v) is 4.09. The van der Waals surface area contributed by atoms with Gasteiger partial charge in [0.2, 0.25) is 0 Å². The molecule has 0 N–H and O–H groups in total. The molecule has 6 heteroatoms. The summed E-state index contributed by atoms with van der Waals surface area (Å²) >= 11 is 5.98. The van der Waals surface area contributed by atoms with Crippen LogP contribution in [0.4, 0.5) is 0 Å². The average Bonchev–Trinajstić information content (AvgIpc) is 2.87. The smallest absolute Gasteiger partial charge is 0.244 e. The van der Waals surface area contributed by atoms with Crippen LogP contribution in [-0.2, 0) is 10.0 Å². The van der Waals surface area contributed by atoms with Gasteiger partial charge in [-0.15, -0.1) is 0 Å². The Labute approximate surface area is 140 Å². The Morgan fingerprint density at radius 2 is 1.83 bits per heavy atom. The second-order valence-electron chi connectivity index (χ2n) is 5.88. The van der Waals surface area contributed by atoms with Gasteiger partial charge in [-0.2, -0.15) is 0 Å². The van der Waals surface area contributed by atoms with E-state index < -0.39 is 10.0 Å². The number of rotatable bonds is 3. The van der Waals surface area contributed by atoms with E-state index in [0.29, 0.717) is 5.52 Å². The molecular formula is C17H17ClN2O2S. The van der Waals surface area contributed by atoms with Gasteiger partial charge >= 0.3 is 0 Å². The van der Waals surface area contributed by atoms with Crippen molar-refractivity contribution in [3.8, 4) is 0 Å². The topological polar surface area (TPSA) is 52.0 Å². The van der Waals surface area contributed by atoms with E-state index in [0.717, 1.165) is 16.5 Å². The lowest BCUT2D eigenvalue weighted by molar-refractivity contribution is 0.589. The molecule has 3 rings (SSSR count). The molecule has 0 amide bonds. The number of nitrogens with zero attached hydrogens (tertiary/aromatic N) is 2. The van der Waals surface area contributed by atoms with Crippen molar-refractivity contribution in [1.29, 1.82) is 0 Å². The number of fused-ring (bicyclic) bond motifs is 1. The van der Waals surface area contributed by atoms with Gasteiger partial charge in [-0.05, 0) is 30.5 Å². The second kappa shape index (κ2) is 5.65. The van der Waals surface area contributed by atoms with Gasteiger partial charge in [-0.25, -0.2) is 17.4 Å². The fraction of sp³-hybridized carbons (Fsp3) is 0.235. The van der Waals surface area contributed by atoms with Gasteiger partial charge in [0, 0.05) is 23.8 Å². The number of aromatic nitrogens is 2. The molecule has 0 bridgehead atoms. The van der Waals surface area contributed by atoms with Crippen LogP contribution >= 0.6 is 11.6 Å². The van der Waals surface area contributed by atoms with Crippen molar-refractivity contribution in [2.75, 3.05) is 0 Å². The van der Waals surface area contributed by atoms with E-state index >= 15 is 0 Å². The number of hydrogen-bond acceptors (Lipinski definition) is 3. The van der Waals surface area contributed by atoms with Crippen LogP contribution in [0, 0.1) is 6.92 Å². The zero-order valence-corrected chi connectivity index (χ0v) is 14.7. The van der Waals surface area contributed by atoms with Crippen LogP contribution in [0.2, 0.25) is 5.15 Å². The standard InChI is InChI=1S/C17H17ClN2O2S/c1-11(2)15-10-20(16-8-17(18)19-9-14(15)16)23(21,22)13-6-4-12(3)5-7-13/h4-11H,1-3H3. The van der Waals surface area contributed by atoms with E-state index in [4.69, 9.17) is 11.6 Å². The highest BCUT2D eigenvalue weighted by Crippen LogP contribution is 2.31. The minimum absolute atomic E-state index is 0.176. The third kappa shape index (κ3) is 2.75. The predicted octanol–water partition coefficient (Wildman–Crippen LogP) is 4.36. The first kappa shape index (κ1) is 16.0. The van der Waals surface area contributed by atoms with Crippen LogP contribution in [0.25, 0.3) is 10.9 Å². The summed E-state index contributed by atoms with van der Waals surface area (Å²) in [6.07, 6.45) is 3.30. The van der Waals surface area contributed by atoms with Crippen molar-refractivity contribution in [2.45, 2.75) is 31.6 Å². The highest BCUT2D eigenvalue weighted by molar-refractivity contribution is 7.90. The summed E-state index contributed by atoms with van der Waals surface area (Å²) in [5.74, 6) is 0.176. The summed E-state index contributed by atoms with van der Waals surface area (Å²) in [5, 5.41) is 1.08. The molecule has 0 aliphatic carbocycles. The van der Waals surface area contributed by atoms with E-state index in [2.05, 4.69) is 4.98 Å². The third-order valence-electron chi connectivity index (χ3n) is 3.85. The van der Waals surface area contributed by atoms with Gasteiger partial charge < -0.3 is 0 Å². The Morgan fingerprint density at radius 1 is 1.17 bits per heavy atom. The monoisotopic (exact) mass is 348 g/mol. The fourth-order valence-electron chi connectivity index (χ4n) is 2.57. The van der Waals surface area contributed by atoms with Crippen molar-refractivity contribution < 1.29 is 8.42 Å². The lowest BCUT2D eigenvalue weighted by Crippen LogP contribution is -2.12. The first-order valence-corrected chi connectivity index (χ1v) is 9.11.